The molecule has 21 heavy (non-hydrogen) atoms. The highest BCUT2D eigenvalue weighted by atomic mass is 32.2. The standard InChI is InChI=1S/C12H16FN3O4S/c13-8-3-4-11(10(6-8)12(14)15-17)16-21(18,19)7-9-2-1-5-20-9/h3-4,6,9,16-17H,1-2,5,7H2,(H2,14,15). The largest absolute Gasteiger partial charge is 0.409 e. The maximum Gasteiger partial charge on any atom is 0.235 e. The van der Waals surface area contributed by atoms with Gasteiger partial charge in [-0.25, -0.2) is 12.8 Å². The van der Waals surface area contributed by atoms with E-state index in [9.17, 15) is 12.8 Å². The lowest BCUT2D eigenvalue weighted by Gasteiger charge is -2.14. The van der Waals surface area contributed by atoms with Crippen LogP contribution in [0.2, 0.25) is 0 Å². The molecule has 0 bridgehead atoms. The van der Waals surface area contributed by atoms with Crippen LogP contribution in [0.15, 0.2) is 23.4 Å². The summed E-state index contributed by atoms with van der Waals surface area (Å²) in [4.78, 5) is 0. The van der Waals surface area contributed by atoms with E-state index in [0.29, 0.717) is 13.0 Å². The third-order valence-corrected chi connectivity index (χ3v) is 4.40. The minimum absolute atomic E-state index is 0.0339. The quantitative estimate of drug-likeness (QED) is 0.322. The van der Waals surface area contributed by atoms with Gasteiger partial charge in [-0.2, -0.15) is 0 Å². The first-order valence-corrected chi connectivity index (χ1v) is 7.96. The summed E-state index contributed by atoms with van der Waals surface area (Å²) in [5.74, 6) is -1.21. The Hall–Kier alpha value is -1.87. The van der Waals surface area contributed by atoms with Gasteiger partial charge in [0.15, 0.2) is 5.84 Å². The van der Waals surface area contributed by atoms with Crippen molar-refractivity contribution in [2.75, 3.05) is 17.1 Å². The van der Waals surface area contributed by atoms with Gasteiger partial charge in [0.1, 0.15) is 5.82 Å². The van der Waals surface area contributed by atoms with Crippen LogP contribution in [0.4, 0.5) is 10.1 Å². The number of oxime groups is 1. The van der Waals surface area contributed by atoms with Crippen molar-refractivity contribution in [1.29, 1.82) is 0 Å². The van der Waals surface area contributed by atoms with Gasteiger partial charge in [0.2, 0.25) is 10.0 Å². The highest BCUT2D eigenvalue weighted by Crippen LogP contribution is 2.20. The summed E-state index contributed by atoms with van der Waals surface area (Å²) in [5, 5.41) is 11.4. The molecule has 0 amide bonds. The van der Waals surface area contributed by atoms with Crippen LogP contribution in [0.5, 0.6) is 0 Å². The van der Waals surface area contributed by atoms with Gasteiger partial charge in [0.05, 0.1) is 17.5 Å². The molecule has 0 aliphatic carbocycles. The Kier molecular flexibility index (Phi) is 4.63. The molecular formula is C12H16FN3O4S. The predicted octanol–water partition coefficient (Wildman–Crippen LogP) is 0.841. The molecule has 0 spiro atoms. The third-order valence-electron chi connectivity index (χ3n) is 3.06. The van der Waals surface area contributed by atoms with Crippen LogP contribution < -0.4 is 10.5 Å². The fraction of sp³-hybridized carbons (Fsp3) is 0.417. The van der Waals surface area contributed by atoms with Crippen LogP contribution in [0.3, 0.4) is 0 Å². The van der Waals surface area contributed by atoms with Gasteiger partial charge in [-0.15, -0.1) is 0 Å². The first-order chi connectivity index (χ1) is 9.91. The Balaban J connectivity index is 2.22. The third kappa shape index (κ3) is 4.05. The number of nitrogens with one attached hydrogen (secondary N) is 1. The van der Waals surface area contributed by atoms with Crippen molar-refractivity contribution >= 4 is 21.5 Å². The van der Waals surface area contributed by atoms with Crippen molar-refractivity contribution in [1.82, 2.24) is 0 Å². The second-order valence-corrected chi connectivity index (χ2v) is 6.46. The van der Waals surface area contributed by atoms with Crippen LogP contribution in [0.25, 0.3) is 0 Å². The van der Waals surface area contributed by atoms with E-state index in [1.807, 2.05) is 0 Å². The van der Waals surface area contributed by atoms with Crippen LogP contribution in [-0.2, 0) is 14.8 Å². The summed E-state index contributed by atoms with van der Waals surface area (Å²) in [6, 6.07) is 3.28. The van der Waals surface area contributed by atoms with Crippen molar-refractivity contribution in [2.45, 2.75) is 18.9 Å². The highest BCUT2D eigenvalue weighted by molar-refractivity contribution is 7.92. The molecule has 1 heterocycles. The van der Waals surface area contributed by atoms with E-state index in [4.69, 9.17) is 15.7 Å². The molecule has 1 atom stereocenters. The Bertz CT molecular complexity index is 642. The molecule has 7 nitrogen and oxygen atoms in total. The number of amidine groups is 1. The summed E-state index contributed by atoms with van der Waals surface area (Å²) in [6.07, 6.45) is 1.15. The number of ether oxygens (including phenoxy) is 1. The lowest BCUT2D eigenvalue weighted by Crippen LogP contribution is -2.27. The molecule has 9 heteroatoms. The summed E-state index contributed by atoms with van der Waals surface area (Å²) in [6.45, 7) is 0.548. The van der Waals surface area contributed by atoms with Gasteiger partial charge in [-0.3, -0.25) is 4.72 Å². The maximum absolute atomic E-state index is 13.2. The number of anilines is 1. The lowest BCUT2D eigenvalue weighted by atomic mass is 10.1. The van der Waals surface area contributed by atoms with Crippen LogP contribution in [0.1, 0.15) is 18.4 Å². The van der Waals surface area contributed by atoms with E-state index in [-0.39, 0.29) is 28.9 Å². The first-order valence-electron chi connectivity index (χ1n) is 6.31. The molecule has 0 saturated carbocycles. The molecular weight excluding hydrogens is 301 g/mol. The van der Waals surface area contributed by atoms with Gasteiger partial charge in [0, 0.05) is 12.2 Å². The minimum Gasteiger partial charge on any atom is -0.409 e. The Morgan fingerprint density at radius 3 is 2.95 bits per heavy atom. The summed E-state index contributed by atoms with van der Waals surface area (Å²) in [7, 11) is -3.68. The van der Waals surface area contributed by atoms with Crippen LogP contribution in [-0.4, -0.2) is 37.9 Å². The molecule has 1 aliphatic rings. The van der Waals surface area contributed by atoms with E-state index in [0.717, 1.165) is 18.6 Å². The number of hydrogen-bond donors (Lipinski definition) is 3. The molecule has 0 radical (unpaired) electrons. The van der Waals surface area contributed by atoms with Crippen LogP contribution in [0, 0.1) is 5.82 Å². The zero-order chi connectivity index (χ0) is 15.5. The summed E-state index contributed by atoms with van der Waals surface area (Å²) in [5.41, 5.74) is 5.43. The average molecular weight is 317 g/mol. The summed E-state index contributed by atoms with van der Waals surface area (Å²) < 4.78 is 45.0. The van der Waals surface area contributed by atoms with Crippen molar-refractivity contribution in [2.24, 2.45) is 10.9 Å². The molecule has 1 aromatic carbocycles. The van der Waals surface area contributed by atoms with E-state index < -0.39 is 15.8 Å². The number of benzene rings is 1. The van der Waals surface area contributed by atoms with Gasteiger partial charge in [0.25, 0.3) is 0 Å². The number of nitrogens with zero attached hydrogens (tertiary/aromatic N) is 1. The number of nitrogens with two attached hydrogens (primary N) is 1. The number of sulfonamides is 1. The van der Waals surface area contributed by atoms with Crippen LogP contribution >= 0.6 is 0 Å². The molecule has 4 N–H and O–H groups in total. The van der Waals surface area contributed by atoms with Crippen molar-refractivity contribution < 1.29 is 22.8 Å². The molecule has 0 aromatic heterocycles. The smallest absolute Gasteiger partial charge is 0.235 e. The summed E-state index contributed by atoms with van der Waals surface area (Å²) >= 11 is 0. The van der Waals surface area contributed by atoms with E-state index >= 15 is 0 Å². The minimum atomic E-state index is -3.68. The van der Waals surface area contributed by atoms with E-state index in [1.165, 1.54) is 6.07 Å². The normalized spacial score (nSPS) is 19.7. The second kappa shape index (κ2) is 6.27. The van der Waals surface area contributed by atoms with Gasteiger partial charge in [-0.05, 0) is 31.0 Å². The SMILES string of the molecule is N/C(=N/O)c1cc(F)ccc1NS(=O)(=O)CC1CCCO1. The monoisotopic (exact) mass is 317 g/mol. The fourth-order valence-corrected chi connectivity index (χ4v) is 3.45. The zero-order valence-corrected chi connectivity index (χ0v) is 11.9. The predicted molar refractivity (Wildman–Crippen MR) is 75.3 cm³/mol. The molecule has 1 unspecified atom stereocenters. The zero-order valence-electron chi connectivity index (χ0n) is 11.1. The Morgan fingerprint density at radius 1 is 1.57 bits per heavy atom. The van der Waals surface area contributed by atoms with Gasteiger partial charge in [-0.1, -0.05) is 5.16 Å². The molecule has 1 fully saturated rings. The number of halogens is 1. The van der Waals surface area contributed by atoms with E-state index in [2.05, 4.69) is 9.88 Å². The number of rotatable bonds is 5. The van der Waals surface area contributed by atoms with Crippen molar-refractivity contribution in [3.8, 4) is 0 Å². The Morgan fingerprint density at radius 2 is 2.33 bits per heavy atom. The highest BCUT2D eigenvalue weighted by Gasteiger charge is 2.24. The molecule has 2 rings (SSSR count). The number of hydrogen-bond acceptors (Lipinski definition) is 5. The average Bonchev–Trinajstić information content (AvgIpc) is 2.91. The maximum atomic E-state index is 13.2. The van der Waals surface area contributed by atoms with E-state index in [1.54, 1.807) is 0 Å². The van der Waals surface area contributed by atoms with Crippen molar-refractivity contribution in [3.63, 3.8) is 0 Å². The lowest BCUT2D eigenvalue weighted by molar-refractivity contribution is 0.127. The topological polar surface area (TPSA) is 114 Å². The van der Waals surface area contributed by atoms with Gasteiger partial charge >= 0.3 is 0 Å². The van der Waals surface area contributed by atoms with Gasteiger partial charge < -0.3 is 15.7 Å². The fourth-order valence-electron chi connectivity index (χ4n) is 2.10. The second-order valence-electron chi connectivity index (χ2n) is 4.69. The molecule has 116 valence electrons. The molecule has 1 aliphatic heterocycles. The first kappa shape index (κ1) is 15.5. The van der Waals surface area contributed by atoms with Crippen molar-refractivity contribution in [3.05, 3.63) is 29.6 Å². The molecule has 1 saturated heterocycles. The molecule has 1 aromatic rings. The Labute approximate surface area is 121 Å².